The van der Waals surface area contributed by atoms with E-state index < -0.39 is 25.2 Å². The van der Waals surface area contributed by atoms with Gasteiger partial charge in [-0.1, -0.05) is 6.08 Å². The van der Waals surface area contributed by atoms with Gasteiger partial charge in [-0.05, 0) is 34.1 Å². The number of hydrogen-bond donors (Lipinski definition) is 0. The van der Waals surface area contributed by atoms with Gasteiger partial charge in [-0.2, -0.15) is 0 Å². The number of rotatable bonds is 11. The molecule has 0 aliphatic heterocycles. The van der Waals surface area contributed by atoms with Crippen molar-refractivity contribution in [2.75, 3.05) is 26.4 Å². The van der Waals surface area contributed by atoms with Gasteiger partial charge < -0.3 is 18.5 Å². The molecule has 0 aliphatic rings. The Bertz CT molecular complexity index is 409. The average molecular weight is 336 g/mol. The lowest BCUT2D eigenvalue weighted by Gasteiger charge is -2.23. The van der Waals surface area contributed by atoms with E-state index in [1.54, 1.807) is 27.7 Å². The third kappa shape index (κ3) is 7.20. The van der Waals surface area contributed by atoms with Crippen LogP contribution in [0.4, 0.5) is 0 Å². The van der Waals surface area contributed by atoms with E-state index in [0.717, 1.165) is 0 Å². The number of carbonyl (C=O) groups is 2. The van der Waals surface area contributed by atoms with Crippen LogP contribution in [0.3, 0.4) is 0 Å². The van der Waals surface area contributed by atoms with Crippen molar-refractivity contribution in [3.8, 4) is 0 Å². The molecule has 0 saturated carbocycles. The molecule has 1 unspecified atom stereocenters. The number of hydrogen-bond acceptors (Lipinski definition) is 7. The maximum absolute atomic E-state index is 12.7. The standard InChI is InChI=1S/C14H25O7P/c1-5-18-13(15)11-9-10-12(14(16)19-6-2)22(17,20-7-3)21-8-4/h9,11-12H,5-8,10H2,1-4H3/b11-9+. The van der Waals surface area contributed by atoms with Crippen molar-refractivity contribution in [1.82, 2.24) is 0 Å². The summed E-state index contributed by atoms with van der Waals surface area (Å²) in [5.41, 5.74) is -1.11. The van der Waals surface area contributed by atoms with Gasteiger partial charge in [0.05, 0.1) is 26.4 Å². The van der Waals surface area contributed by atoms with Crippen molar-refractivity contribution in [2.24, 2.45) is 0 Å². The summed E-state index contributed by atoms with van der Waals surface area (Å²) < 4.78 is 32.8. The van der Waals surface area contributed by atoms with Gasteiger partial charge in [0.1, 0.15) is 0 Å². The van der Waals surface area contributed by atoms with Gasteiger partial charge in [0.15, 0.2) is 5.66 Å². The number of ether oxygens (including phenoxy) is 2. The monoisotopic (exact) mass is 336 g/mol. The first-order valence-electron chi connectivity index (χ1n) is 7.33. The Hall–Kier alpha value is -1.17. The van der Waals surface area contributed by atoms with Crippen LogP contribution in [0, 0.1) is 0 Å². The van der Waals surface area contributed by atoms with E-state index in [2.05, 4.69) is 0 Å². The molecule has 0 saturated heterocycles. The van der Waals surface area contributed by atoms with Crippen LogP contribution in [0.25, 0.3) is 0 Å². The van der Waals surface area contributed by atoms with Crippen LogP contribution in [-0.2, 0) is 32.7 Å². The molecule has 0 spiro atoms. The number of allylic oxidation sites excluding steroid dienone is 1. The van der Waals surface area contributed by atoms with Crippen molar-refractivity contribution < 1.29 is 32.7 Å². The van der Waals surface area contributed by atoms with Gasteiger partial charge in [-0.15, -0.1) is 0 Å². The van der Waals surface area contributed by atoms with Gasteiger partial charge in [-0.3, -0.25) is 9.36 Å². The zero-order valence-corrected chi connectivity index (χ0v) is 14.5. The maximum Gasteiger partial charge on any atom is 0.345 e. The minimum atomic E-state index is -3.67. The Morgan fingerprint density at radius 1 is 0.955 bits per heavy atom. The molecule has 22 heavy (non-hydrogen) atoms. The normalized spacial score (nSPS) is 13.1. The summed E-state index contributed by atoms with van der Waals surface area (Å²) in [6.45, 7) is 7.31. The number of carbonyl (C=O) groups excluding carboxylic acids is 2. The summed E-state index contributed by atoms with van der Waals surface area (Å²) in [4.78, 5) is 23.3. The third-order valence-corrected chi connectivity index (χ3v) is 4.88. The largest absolute Gasteiger partial charge is 0.465 e. The lowest BCUT2D eigenvalue weighted by molar-refractivity contribution is -0.143. The fourth-order valence-corrected chi connectivity index (χ4v) is 3.52. The Labute approximate surface area is 131 Å². The molecule has 0 aromatic rings. The fraction of sp³-hybridized carbons (Fsp3) is 0.714. The number of esters is 2. The van der Waals surface area contributed by atoms with Crippen molar-refractivity contribution in [2.45, 2.75) is 39.8 Å². The Morgan fingerprint density at radius 3 is 1.95 bits per heavy atom. The van der Waals surface area contributed by atoms with Gasteiger partial charge in [-0.25, -0.2) is 4.79 Å². The third-order valence-electron chi connectivity index (χ3n) is 2.46. The SMILES string of the molecule is CCOC(=O)/C=C/CC(C(=O)OCC)P(=O)(OCC)OCC. The van der Waals surface area contributed by atoms with Crippen molar-refractivity contribution in [3.05, 3.63) is 12.2 Å². The Morgan fingerprint density at radius 2 is 1.50 bits per heavy atom. The van der Waals surface area contributed by atoms with Crippen LogP contribution in [0.5, 0.6) is 0 Å². The van der Waals surface area contributed by atoms with Crippen molar-refractivity contribution in [1.29, 1.82) is 0 Å². The summed E-state index contributed by atoms with van der Waals surface area (Å²) in [6.07, 6.45) is 2.58. The highest BCUT2D eigenvalue weighted by molar-refractivity contribution is 7.55. The second kappa shape index (κ2) is 11.4. The first-order valence-corrected chi connectivity index (χ1v) is 8.94. The first-order chi connectivity index (χ1) is 10.4. The van der Waals surface area contributed by atoms with Crippen LogP contribution < -0.4 is 0 Å². The molecule has 0 aromatic carbocycles. The van der Waals surface area contributed by atoms with E-state index in [4.69, 9.17) is 18.5 Å². The van der Waals surface area contributed by atoms with Gasteiger partial charge in [0.25, 0.3) is 0 Å². The summed E-state index contributed by atoms with van der Waals surface area (Å²) in [7, 11) is -3.67. The van der Waals surface area contributed by atoms with Gasteiger partial charge >= 0.3 is 19.5 Å². The van der Waals surface area contributed by atoms with Crippen LogP contribution in [0.15, 0.2) is 12.2 Å². The van der Waals surface area contributed by atoms with E-state index in [1.165, 1.54) is 12.2 Å². The quantitative estimate of drug-likeness (QED) is 0.325. The highest BCUT2D eigenvalue weighted by Gasteiger charge is 2.41. The highest BCUT2D eigenvalue weighted by Crippen LogP contribution is 2.54. The molecular weight excluding hydrogens is 311 g/mol. The molecule has 8 heteroatoms. The molecule has 0 rings (SSSR count). The Kier molecular flexibility index (Phi) is 10.8. The zero-order chi connectivity index (χ0) is 17.0. The molecule has 0 bridgehead atoms. The predicted octanol–water partition coefficient (Wildman–Crippen LogP) is 2.69. The molecule has 0 aliphatic carbocycles. The summed E-state index contributed by atoms with van der Waals surface area (Å²) >= 11 is 0. The average Bonchev–Trinajstić information content (AvgIpc) is 2.44. The molecule has 0 N–H and O–H groups in total. The molecule has 0 radical (unpaired) electrons. The van der Waals surface area contributed by atoms with E-state index in [0.29, 0.717) is 0 Å². The smallest absolute Gasteiger partial charge is 0.345 e. The van der Waals surface area contributed by atoms with Gasteiger partial charge in [0.2, 0.25) is 0 Å². The van der Waals surface area contributed by atoms with Gasteiger partial charge in [0, 0.05) is 6.08 Å². The second-order valence-corrected chi connectivity index (χ2v) is 6.25. The molecule has 0 fully saturated rings. The van der Waals surface area contributed by atoms with Crippen LogP contribution in [0.2, 0.25) is 0 Å². The maximum atomic E-state index is 12.7. The fourth-order valence-electron chi connectivity index (χ4n) is 1.65. The lowest BCUT2D eigenvalue weighted by Crippen LogP contribution is -2.25. The highest BCUT2D eigenvalue weighted by atomic mass is 31.2. The molecule has 0 heterocycles. The zero-order valence-electron chi connectivity index (χ0n) is 13.6. The summed E-state index contributed by atoms with van der Waals surface area (Å²) in [5, 5.41) is 0. The van der Waals surface area contributed by atoms with Crippen LogP contribution in [-0.4, -0.2) is 44.0 Å². The van der Waals surface area contributed by atoms with E-state index in [9.17, 15) is 14.2 Å². The minimum Gasteiger partial charge on any atom is -0.465 e. The molecule has 0 amide bonds. The first kappa shape index (κ1) is 20.8. The molecule has 1 atom stereocenters. The lowest BCUT2D eigenvalue weighted by atomic mass is 10.3. The molecule has 7 nitrogen and oxygen atoms in total. The van der Waals surface area contributed by atoms with Crippen LogP contribution >= 0.6 is 7.60 Å². The Balaban J connectivity index is 5.13. The molecular formula is C14H25O7P. The minimum absolute atomic E-state index is 0.00503. The van der Waals surface area contributed by atoms with E-state index >= 15 is 0 Å². The van der Waals surface area contributed by atoms with E-state index in [-0.39, 0.29) is 32.8 Å². The molecule has 0 aromatic heterocycles. The van der Waals surface area contributed by atoms with Crippen molar-refractivity contribution in [3.63, 3.8) is 0 Å². The van der Waals surface area contributed by atoms with E-state index in [1.807, 2.05) is 0 Å². The summed E-state index contributed by atoms with van der Waals surface area (Å²) in [5.74, 6) is -1.21. The molecule has 128 valence electrons. The second-order valence-electron chi connectivity index (χ2n) is 4.03. The van der Waals surface area contributed by atoms with Crippen LogP contribution in [0.1, 0.15) is 34.1 Å². The van der Waals surface area contributed by atoms with Crippen molar-refractivity contribution >= 4 is 19.5 Å². The predicted molar refractivity (Wildman–Crippen MR) is 81.7 cm³/mol. The summed E-state index contributed by atoms with van der Waals surface area (Å²) in [6, 6.07) is 0. The topological polar surface area (TPSA) is 88.1 Å².